The van der Waals surface area contributed by atoms with Crippen LogP contribution in [0.25, 0.3) is 0 Å². The molecular formula is C11H13NO4. The summed E-state index contributed by atoms with van der Waals surface area (Å²) in [5, 5.41) is 18.2. The summed E-state index contributed by atoms with van der Waals surface area (Å²) in [6.45, 7) is -0.382. The summed E-state index contributed by atoms with van der Waals surface area (Å²) in [5.41, 5.74) is 7.40. The van der Waals surface area contributed by atoms with Crippen molar-refractivity contribution in [3.63, 3.8) is 0 Å². The molecule has 1 unspecified atom stereocenters. The molecule has 1 aromatic carbocycles. The van der Waals surface area contributed by atoms with E-state index in [2.05, 4.69) is 0 Å². The van der Waals surface area contributed by atoms with E-state index < -0.39 is 5.97 Å². The van der Waals surface area contributed by atoms with Gasteiger partial charge < -0.3 is 20.7 Å². The second kappa shape index (κ2) is 4.02. The number of phenols is 1. The van der Waals surface area contributed by atoms with Crippen LogP contribution in [0.15, 0.2) is 12.1 Å². The normalized spacial score (nSPS) is 18.2. The van der Waals surface area contributed by atoms with Crippen molar-refractivity contribution in [2.75, 3.05) is 6.61 Å². The molecule has 0 radical (unpaired) electrons. The minimum Gasteiger partial charge on any atom is -0.508 e. The van der Waals surface area contributed by atoms with Crippen LogP contribution in [0, 0.1) is 0 Å². The van der Waals surface area contributed by atoms with Gasteiger partial charge in [-0.15, -0.1) is 0 Å². The number of ether oxygens (including phenoxy) is 1. The molecule has 86 valence electrons. The summed E-state index contributed by atoms with van der Waals surface area (Å²) >= 11 is 0. The van der Waals surface area contributed by atoms with Crippen LogP contribution in [0.2, 0.25) is 0 Å². The van der Waals surface area contributed by atoms with Gasteiger partial charge in [-0.25, -0.2) is 4.79 Å². The monoisotopic (exact) mass is 223 g/mol. The van der Waals surface area contributed by atoms with Gasteiger partial charge in [-0.2, -0.15) is 0 Å². The molecule has 1 aliphatic carbocycles. The number of rotatable bonds is 3. The zero-order valence-electron chi connectivity index (χ0n) is 8.64. The maximum Gasteiger partial charge on any atom is 0.341 e. The van der Waals surface area contributed by atoms with Crippen molar-refractivity contribution in [3.8, 4) is 11.5 Å². The molecule has 1 aliphatic rings. The Morgan fingerprint density at radius 2 is 2.12 bits per heavy atom. The molecule has 5 heteroatoms. The standard InChI is InChI=1S/C11H13NO4/c12-6-3-7-8(4-6)10(2-1-9(7)13)16-5-11(14)15/h1-2,6,13H,3-5,12H2,(H,14,15). The molecular weight excluding hydrogens is 210 g/mol. The average molecular weight is 223 g/mol. The van der Waals surface area contributed by atoms with E-state index in [9.17, 15) is 9.90 Å². The highest BCUT2D eigenvalue weighted by atomic mass is 16.5. The fourth-order valence-corrected chi connectivity index (χ4v) is 1.98. The number of hydrogen-bond donors (Lipinski definition) is 3. The highest BCUT2D eigenvalue weighted by molar-refractivity contribution is 5.68. The topological polar surface area (TPSA) is 92.8 Å². The third-order valence-corrected chi connectivity index (χ3v) is 2.65. The zero-order valence-corrected chi connectivity index (χ0v) is 8.64. The predicted octanol–water partition coefficient (Wildman–Crippen LogP) is 0.282. The van der Waals surface area contributed by atoms with E-state index >= 15 is 0 Å². The molecule has 0 heterocycles. The Labute approximate surface area is 92.5 Å². The first-order valence-corrected chi connectivity index (χ1v) is 5.02. The van der Waals surface area contributed by atoms with Crippen LogP contribution < -0.4 is 10.5 Å². The number of phenolic OH excluding ortho intramolecular Hbond substituents is 1. The van der Waals surface area contributed by atoms with Crippen molar-refractivity contribution < 1.29 is 19.7 Å². The van der Waals surface area contributed by atoms with Crippen LogP contribution in [0.4, 0.5) is 0 Å². The number of carbonyl (C=O) groups is 1. The molecule has 0 aromatic heterocycles. The second-order valence-corrected chi connectivity index (χ2v) is 3.89. The van der Waals surface area contributed by atoms with Crippen LogP contribution in [0.3, 0.4) is 0 Å². The van der Waals surface area contributed by atoms with Crippen molar-refractivity contribution in [1.29, 1.82) is 0 Å². The Hall–Kier alpha value is -1.75. The molecule has 0 saturated heterocycles. The van der Waals surface area contributed by atoms with E-state index in [4.69, 9.17) is 15.6 Å². The summed E-state index contributed by atoms with van der Waals surface area (Å²) in [7, 11) is 0. The minimum absolute atomic E-state index is 0.0320. The van der Waals surface area contributed by atoms with Crippen molar-refractivity contribution in [3.05, 3.63) is 23.3 Å². The highest BCUT2D eigenvalue weighted by Crippen LogP contribution is 2.36. The number of benzene rings is 1. The Kier molecular flexibility index (Phi) is 2.70. The molecule has 4 N–H and O–H groups in total. The summed E-state index contributed by atoms with van der Waals surface area (Å²) in [6, 6.07) is 3.05. The molecule has 0 saturated carbocycles. The van der Waals surface area contributed by atoms with Crippen molar-refractivity contribution >= 4 is 5.97 Å². The summed E-state index contributed by atoms with van der Waals surface area (Å²) < 4.78 is 5.15. The third-order valence-electron chi connectivity index (χ3n) is 2.65. The van der Waals surface area contributed by atoms with Crippen molar-refractivity contribution in [2.24, 2.45) is 5.73 Å². The van der Waals surface area contributed by atoms with E-state index in [1.54, 1.807) is 6.07 Å². The molecule has 0 amide bonds. The number of carboxylic acids is 1. The number of aromatic hydroxyl groups is 1. The quantitative estimate of drug-likeness (QED) is 0.684. The maximum atomic E-state index is 10.4. The largest absolute Gasteiger partial charge is 0.508 e. The van der Waals surface area contributed by atoms with Crippen LogP contribution in [0.1, 0.15) is 11.1 Å². The van der Waals surface area contributed by atoms with Gasteiger partial charge in [-0.05, 0) is 25.0 Å². The van der Waals surface area contributed by atoms with Crippen molar-refractivity contribution in [2.45, 2.75) is 18.9 Å². The number of hydrogen-bond acceptors (Lipinski definition) is 4. The van der Waals surface area contributed by atoms with Crippen LogP contribution >= 0.6 is 0 Å². The first-order valence-electron chi connectivity index (χ1n) is 5.02. The molecule has 2 rings (SSSR count). The second-order valence-electron chi connectivity index (χ2n) is 3.89. The van der Waals surface area contributed by atoms with Crippen LogP contribution in [0.5, 0.6) is 11.5 Å². The number of nitrogens with two attached hydrogens (primary N) is 1. The van der Waals surface area contributed by atoms with Crippen molar-refractivity contribution in [1.82, 2.24) is 0 Å². The van der Waals surface area contributed by atoms with E-state index in [-0.39, 0.29) is 18.4 Å². The van der Waals surface area contributed by atoms with E-state index in [1.165, 1.54) is 6.07 Å². The lowest BCUT2D eigenvalue weighted by atomic mass is 10.1. The number of carboxylic acid groups (broad SMARTS) is 1. The molecule has 5 nitrogen and oxygen atoms in total. The zero-order chi connectivity index (χ0) is 11.7. The molecule has 0 bridgehead atoms. The van der Waals surface area contributed by atoms with Gasteiger partial charge in [0.25, 0.3) is 0 Å². The molecule has 16 heavy (non-hydrogen) atoms. The molecule has 1 aromatic rings. The summed E-state index contributed by atoms with van der Waals surface area (Å²) in [5.74, 6) is -0.321. The lowest BCUT2D eigenvalue weighted by Crippen LogP contribution is -2.19. The van der Waals surface area contributed by atoms with E-state index in [0.29, 0.717) is 18.6 Å². The van der Waals surface area contributed by atoms with Gasteiger partial charge in [-0.1, -0.05) is 0 Å². The Morgan fingerprint density at radius 1 is 1.44 bits per heavy atom. The fraction of sp³-hybridized carbons (Fsp3) is 0.364. The average Bonchev–Trinajstić information content (AvgIpc) is 2.59. The highest BCUT2D eigenvalue weighted by Gasteiger charge is 2.25. The fourth-order valence-electron chi connectivity index (χ4n) is 1.98. The number of aliphatic carboxylic acids is 1. The van der Waals surface area contributed by atoms with Gasteiger partial charge >= 0.3 is 5.97 Å². The first-order chi connectivity index (χ1) is 7.58. The Balaban J connectivity index is 2.27. The molecule has 0 aliphatic heterocycles. The minimum atomic E-state index is -1.02. The summed E-state index contributed by atoms with van der Waals surface area (Å²) in [4.78, 5) is 10.4. The third kappa shape index (κ3) is 1.94. The first kappa shape index (κ1) is 10.8. The lowest BCUT2D eigenvalue weighted by molar-refractivity contribution is -0.139. The predicted molar refractivity (Wildman–Crippen MR) is 56.6 cm³/mol. The Bertz CT molecular complexity index is 430. The SMILES string of the molecule is NC1Cc2c(O)ccc(OCC(=O)O)c2C1. The Morgan fingerprint density at radius 3 is 2.81 bits per heavy atom. The smallest absolute Gasteiger partial charge is 0.341 e. The summed E-state index contributed by atoms with van der Waals surface area (Å²) in [6.07, 6.45) is 1.21. The maximum absolute atomic E-state index is 10.4. The molecule has 0 spiro atoms. The van der Waals surface area contributed by atoms with Gasteiger partial charge in [0.2, 0.25) is 0 Å². The van der Waals surface area contributed by atoms with Crippen LogP contribution in [-0.2, 0) is 17.6 Å². The van der Waals surface area contributed by atoms with Crippen LogP contribution in [-0.4, -0.2) is 28.8 Å². The van der Waals surface area contributed by atoms with Gasteiger partial charge in [0, 0.05) is 17.2 Å². The van der Waals surface area contributed by atoms with Gasteiger partial charge in [0.1, 0.15) is 11.5 Å². The molecule has 0 fully saturated rings. The number of fused-ring (bicyclic) bond motifs is 1. The van der Waals surface area contributed by atoms with Gasteiger partial charge in [-0.3, -0.25) is 0 Å². The van der Waals surface area contributed by atoms with E-state index in [0.717, 1.165) is 11.1 Å². The van der Waals surface area contributed by atoms with Gasteiger partial charge in [0.15, 0.2) is 6.61 Å². The lowest BCUT2D eigenvalue weighted by Gasteiger charge is -2.09. The van der Waals surface area contributed by atoms with E-state index in [1.807, 2.05) is 0 Å². The molecule has 1 atom stereocenters. The van der Waals surface area contributed by atoms with Gasteiger partial charge in [0.05, 0.1) is 0 Å².